The van der Waals surface area contributed by atoms with Gasteiger partial charge in [0.15, 0.2) is 0 Å². The minimum absolute atomic E-state index is 0.00861. The third-order valence-electron chi connectivity index (χ3n) is 3.61. The predicted octanol–water partition coefficient (Wildman–Crippen LogP) is 2.26. The van der Waals surface area contributed by atoms with Crippen molar-refractivity contribution in [1.29, 1.82) is 0 Å². The van der Waals surface area contributed by atoms with E-state index in [1.165, 1.54) is 12.8 Å². The summed E-state index contributed by atoms with van der Waals surface area (Å²) in [7, 11) is 0. The first-order chi connectivity index (χ1) is 8.22. The van der Waals surface area contributed by atoms with Crippen molar-refractivity contribution < 1.29 is 4.79 Å². The van der Waals surface area contributed by atoms with Gasteiger partial charge >= 0.3 is 6.03 Å². The highest BCUT2D eigenvalue weighted by Gasteiger charge is 2.40. The molecule has 0 radical (unpaired) electrons. The molecular weight excluding hydrogens is 214 g/mol. The smallest absolute Gasteiger partial charge is 0.321 e. The van der Waals surface area contributed by atoms with Gasteiger partial charge in [-0.3, -0.25) is 4.98 Å². The molecule has 4 nitrogen and oxygen atoms in total. The molecule has 2 fully saturated rings. The van der Waals surface area contributed by atoms with Crippen LogP contribution >= 0.6 is 0 Å². The van der Waals surface area contributed by atoms with Gasteiger partial charge < -0.3 is 10.2 Å². The van der Waals surface area contributed by atoms with Crippen LogP contribution in [-0.4, -0.2) is 29.0 Å². The SMILES string of the molecule is Cc1cncc(NC(=O)N2CC(C3CC3)C2)c1. The van der Waals surface area contributed by atoms with E-state index >= 15 is 0 Å². The summed E-state index contributed by atoms with van der Waals surface area (Å²) in [5, 5.41) is 2.89. The molecule has 0 spiro atoms. The first kappa shape index (κ1) is 10.6. The maximum atomic E-state index is 11.9. The van der Waals surface area contributed by atoms with Crippen LogP contribution in [0.3, 0.4) is 0 Å². The number of hydrogen-bond donors (Lipinski definition) is 1. The third-order valence-corrected chi connectivity index (χ3v) is 3.61. The number of aromatic nitrogens is 1. The molecule has 0 atom stereocenters. The Labute approximate surface area is 101 Å². The first-order valence-electron chi connectivity index (χ1n) is 6.20. The molecule has 1 aromatic heterocycles. The van der Waals surface area contributed by atoms with Crippen molar-refractivity contribution in [2.45, 2.75) is 19.8 Å². The molecule has 90 valence electrons. The van der Waals surface area contributed by atoms with Crippen molar-refractivity contribution in [3.8, 4) is 0 Å². The van der Waals surface area contributed by atoms with Crippen LogP contribution in [0.2, 0.25) is 0 Å². The molecule has 2 aliphatic rings. The number of carbonyl (C=O) groups is 1. The molecule has 3 rings (SSSR count). The van der Waals surface area contributed by atoms with Crippen LogP contribution in [0.1, 0.15) is 18.4 Å². The highest BCUT2D eigenvalue weighted by Crippen LogP contribution is 2.41. The van der Waals surface area contributed by atoms with Gasteiger partial charge in [-0.25, -0.2) is 4.79 Å². The zero-order chi connectivity index (χ0) is 11.8. The van der Waals surface area contributed by atoms with Crippen LogP contribution in [0.15, 0.2) is 18.5 Å². The Morgan fingerprint density at radius 3 is 2.76 bits per heavy atom. The summed E-state index contributed by atoms with van der Waals surface area (Å²) in [6.07, 6.45) is 6.19. The number of urea groups is 1. The van der Waals surface area contributed by atoms with Crippen molar-refractivity contribution in [2.24, 2.45) is 11.8 Å². The standard InChI is InChI=1S/C13H17N3O/c1-9-4-12(6-14-5-9)15-13(17)16-7-11(8-16)10-2-3-10/h4-6,10-11H,2-3,7-8H2,1H3,(H,15,17). The molecule has 2 amide bonds. The summed E-state index contributed by atoms with van der Waals surface area (Å²) in [5.41, 5.74) is 1.84. The average molecular weight is 231 g/mol. The maximum Gasteiger partial charge on any atom is 0.321 e. The quantitative estimate of drug-likeness (QED) is 0.848. The highest BCUT2D eigenvalue weighted by atomic mass is 16.2. The molecule has 1 saturated carbocycles. The number of aryl methyl sites for hydroxylation is 1. The fourth-order valence-electron chi connectivity index (χ4n) is 2.37. The summed E-state index contributed by atoms with van der Waals surface area (Å²) in [5.74, 6) is 1.66. The van der Waals surface area contributed by atoms with Gasteiger partial charge in [-0.15, -0.1) is 0 Å². The van der Waals surface area contributed by atoms with Crippen LogP contribution in [-0.2, 0) is 0 Å². The summed E-state index contributed by atoms with van der Waals surface area (Å²) in [4.78, 5) is 17.8. The minimum Gasteiger partial charge on any atom is -0.324 e. The molecule has 1 N–H and O–H groups in total. The van der Waals surface area contributed by atoms with E-state index < -0.39 is 0 Å². The lowest BCUT2D eigenvalue weighted by molar-refractivity contribution is 0.118. The number of nitrogens with zero attached hydrogens (tertiary/aromatic N) is 2. The lowest BCUT2D eigenvalue weighted by atomic mass is 9.95. The van der Waals surface area contributed by atoms with E-state index in [1.807, 2.05) is 17.9 Å². The number of rotatable bonds is 2. The summed E-state index contributed by atoms with van der Waals surface area (Å²) in [6.45, 7) is 3.82. The van der Waals surface area contributed by atoms with E-state index in [2.05, 4.69) is 10.3 Å². The average Bonchev–Trinajstić information content (AvgIpc) is 2.99. The largest absolute Gasteiger partial charge is 0.324 e. The van der Waals surface area contributed by atoms with Crippen molar-refractivity contribution in [1.82, 2.24) is 9.88 Å². The normalized spacial score (nSPS) is 19.9. The molecule has 1 aliphatic heterocycles. The van der Waals surface area contributed by atoms with E-state index in [1.54, 1.807) is 12.4 Å². The molecule has 1 aliphatic carbocycles. The Balaban J connectivity index is 1.53. The van der Waals surface area contributed by atoms with Gasteiger partial charge in [0, 0.05) is 19.3 Å². The Morgan fingerprint density at radius 1 is 1.35 bits per heavy atom. The zero-order valence-corrected chi connectivity index (χ0v) is 10.0. The Bertz CT molecular complexity index is 436. The van der Waals surface area contributed by atoms with Crippen molar-refractivity contribution in [3.63, 3.8) is 0 Å². The highest BCUT2D eigenvalue weighted by molar-refractivity contribution is 5.89. The Hall–Kier alpha value is -1.58. The number of nitrogens with one attached hydrogen (secondary N) is 1. The fourth-order valence-corrected chi connectivity index (χ4v) is 2.37. The van der Waals surface area contributed by atoms with Crippen molar-refractivity contribution in [2.75, 3.05) is 18.4 Å². The zero-order valence-electron chi connectivity index (χ0n) is 10.0. The van der Waals surface area contributed by atoms with Gasteiger partial charge in [0.1, 0.15) is 0 Å². The second-order valence-electron chi connectivity index (χ2n) is 5.18. The Morgan fingerprint density at radius 2 is 2.12 bits per heavy atom. The molecule has 2 heterocycles. The number of anilines is 1. The van der Waals surface area contributed by atoms with E-state index in [-0.39, 0.29) is 6.03 Å². The maximum absolute atomic E-state index is 11.9. The second kappa shape index (κ2) is 4.02. The van der Waals surface area contributed by atoms with Crippen LogP contribution < -0.4 is 5.32 Å². The Kier molecular flexibility index (Phi) is 2.50. The first-order valence-corrected chi connectivity index (χ1v) is 6.20. The monoisotopic (exact) mass is 231 g/mol. The van der Waals surface area contributed by atoms with E-state index in [0.717, 1.165) is 36.2 Å². The number of carbonyl (C=O) groups excluding carboxylic acids is 1. The lowest BCUT2D eigenvalue weighted by Gasteiger charge is -2.39. The van der Waals surface area contributed by atoms with E-state index in [9.17, 15) is 4.79 Å². The number of pyridine rings is 1. The molecule has 1 aromatic rings. The molecule has 0 aromatic carbocycles. The molecule has 0 bridgehead atoms. The summed E-state index contributed by atoms with van der Waals surface area (Å²) in [6, 6.07) is 1.94. The van der Waals surface area contributed by atoms with Gasteiger partial charge in [-0.05, 0) is 43.2 Å². The van der Waals surface area contributed by atoms with Crippen LogP contribution in [0.25, 0.3) is 0 Å². The molecule has 17 heavy (non-hydrogen) atoms. The van der Waals surface area contributed by atoms with Crippen LogP contribution in [0.4, 0.5) is 10.5 Å². The van der Waals surface area contributed by atoms with Gasteiger partial charge in [0.2, 0.25) is 0 Å². The molecule has 1 saturated heterocycles. The predicted molar refractivity (Wildman–Crippen MR) is 65.8 cm³/mol. The molecule has 0 unspecified atom stereocenters. The summed E-state index contributed by atoms with van der Waals surface area (Å²) < 4.78 is 0. The third kappa shape index (κ3) is 2.25. The fraction of sp³-hybridized carbons (Fsp3) is 0.538. The topological polar surface area (TPSA) is 45.2 Å². The number of amides is 2. The van der Waals surface area contributed by atoms with Crippen LogP contribution in [0.5, 0.6) is 0 Å². The van der Waals surface area contributed by atoms with Gasteiger partial charge in [-0.2, -0.15) is 0 Å². The second-order valence-corrected chi connectivity index (χ2v) is 5.18. The molecular formula is C13H17N3O. The summed E-state index contributed by atoms with van der Waals surface area (Å²) >= 11 is 0. The van der Waals surface area contributed by atoms with Crippen molar-refractivity contribution in [3.05, 3.63) is 24.0 Å². The van der Waals surface area contributed by atoms with Gasteiger partial charge in [-0.1, -0.05) is 0 Å². The van der Waals surface area contributed by atoms with Crippen molar-refractivity contribution >= 4 is 11.7 Å². The lowest BCUT2D eigenvalue weighted by Crippen LogP contribution is -2.52. The number of hydrogen-bond acceptors (Lipinski definition) is 2. The minimum atomic E-state index is 0.00861. The number of likely N-dealkylation sites (tertiary alicyclic amines) is 1. The van der Waals surface area contributed by atoms with E-state index in [4.69, 9.17) is 0 Å². The van der Waals surface area contributed by atoms with Crippen LogP contribution in [0, 0.1) is 18.8 Å². The van der Waals surface area contributed by atoms with Gasteiger partial charge in [0.25, 0.3) is 0 Å². The van der Waals surface area contributed by atoms with Gasteiger partial charge in [0.05, 0.1) is 11.9 Å². The molecule has 4 heteroatoms. The van der Waals surface area contributed by atoms with E-state index in [0.29, 0.717) is 0 Å².